The second kappa shape index (κ2) is 6.67. The topological polar surface area (TPSA) is 12.0 Å². The Labute approximate surface area is 120 Å². The van der Waals surface area contributed by atoms with E-state index in [0.717, 1.165) is 19.4 Å². The molecule has 0 unspecified atom stereocenters. The summed E-state index contributed by atoms with van der Waals surface area (Å²) in [6.07, 6.45) is 1.97. The average Bonchev–Trinajstić information content (AvgIpc) is 2.46. The summed E-state index contributed by atoms with van der Waals surface area (Å²) in [5, 5.41) is 3.58. The van der Waals surface area contributed by atoms with Crippen LogP contribution < -0.4 is 5.32 Å². The molecule has 2 aromatic carbocycles. The number of rotatable bonds is 6. The van der Waals surface area contributed by atoms with E-state index in [1.54, 1.807) is 0 Å². The van der Waals surface area contributed by atoms with E-state index in [1.165, 1.54) is 23.3 Å². The third kappa shape index (κ3) is 4.78. The van der Waals surface area contributed by atoms with Crippen molar-refractivity contribution in [2.75, 3.05) is 0 Å². The van der Waals surface area contributed by atoms with Crippen molar-refractivity contribution in [1.82, 2.24) is 5.32 Å². The fourth-order valence-electron chi connectivity index (χ4n) is 2.13. The SMILES string of the molecule is CC(C)(CCc1ccc(F)cc1)NCc1ccccc1. The molecule has 0 radical (unpaired) electrons. The number of hydrogen-bond donors (Lipinski definition) is 1. The fraction of sp³-hybridized carbons (Fsp3) is 0.333. The first kappa shape index (κ1) is 14.7. The minimum absolute atomic E-state index is 0.0597. The number of benzene rings is 2. The molecule has 106 valence electrons. The van der Waals surface area contributed by atoms with Crippen LogP contribution in [-0.4, -0.2) is 5.54 Å². The predicted molar refractivity (Wildman–Crippen MR) is 82.1 cm³/mol. The van der Waals surface area contributed by atoms with Crippen molar-refractivity contribution in [2.24, 2.45) is 0 Å². The quantitative estimate of drug-likeness (QED) is 0.824. The normalized spacial score (nSPS) is 11.6. The molecular weight excluding hydrogens is 249 g/mol. The molecule has 2 rings (SSSR count). The summed E-state index contributed by atoms with van der Waals surface area (Å²) in [5.41, 5.74) is 2.54. The van der Waals surface area contributed by atoms with E-state index in [1.807, 2.05) is 18.2 Å². The number of hydrogen-bond acceptors (Lipinski definition) is 1. The molecule has 0 atom stereocenters. The van der Waals surface area contributed by atoms with Crippen molar-refractivity contribution < 1.29 is 4.39 Å². The van der Waals surface area contributed by atoms with Gasteiger partial charge in [-0.15, -0.1) is 0 Å². The van der Waals surface area contributed by atoms with Gasteiger partial charge in [0.25, 0.3) is 0 Å². The maximum absolute atomic E-state index is 12.9. The molecule has 0 saturated carbocycles. The molecule has 0 aromatic heterocycles. The Balaban J connectivity index is 1.83. The van der Waals surface area contributed by atoms with E-state index >= 15 is 0 Å². The van der Waals surface area contributed by atoms with Crippen molar-refractivity contribution >= 4 is 0 Å². The Morgan fingerprint density at radius 3 is 2.20 bits per heavy atom. The Hall–Kier alpha value is -1.67. The molecule has 1 N–H and O–H groups in total. The maximum Gasteiger partial charge on any atom is 0.123 e. The van der Waals surface area contributed by atoms with Gasteiger partial charge in [-0.3, -0.25) is 0 Å². The molecule has 0 saturated heterocycles. The van der Waals surface area contributed by atoms with Crippen LogP contribution in [0.1, 0.15) is 31.4 Å². The summed E-state index contributed by atoms with van der Waals surface area (Å²) >= 11 is 0. The van der Waals surface area contributed by atoms with Crippen LogP contribution in [0.2, 0.25) is 0 Å². The van der Waals surface area contributed by atoms with Gasteiger partial charge in [-0.05, 0) is 49.9 Å². The molecule has 2 aromatic rings. The lowest BCUT2D eigenvalue weighted by atomic mass is 9.95. The van der Waals surface area contributed by atoms with Gasteiger partial charge in [0.2, 0.25) is 0 Å². The van der Waals surface area contributed by atoms with Crippen LogP contribution in [0.3, 0.4) is 0 Å². The predicted octanol–water partition coefficient (Wildman–Crippen LogP) is 4.33. The smallest absolute Gasteiger partial charge is 0.123 e. The van der Waals surface area contributed by atoms with Gasteiger partial charge in [0.05, 0.1) is 0 Å². The zero-order valence-electron chi connectivity index (χ0n) is 12.2. The Bertz CT molecular complexity index is 517. The summed E-state index contributed by atoms with van der Waals surface area (Å²) in [7, 11) is 0. The van der Waals surface area contributed by atoms with Crippen molar-refractivity contribution in [3.05, 3.63) is 71.5 Å². The van der Waals surface area contributed by atoms with E-state index in [0.29, 0.717) is 0 Å². The van der Waals surface area contributed by atoms with Gasteiger partial charge >= 0.3 is 0 Å². The zero-order valence-corrected chi connectivity index (χ0v) is 12.2. The molecule has 0 heterocycles. The molecule has 0 spiro atoms. The van der Waals surface area contributed by atoms with Gasteiger partial charge in [0.15, 0.2) is 0 Å². The van der Waals surface area contributed by atoms with E-state index in [2.05, 4.69) is 43.4 Å². The lowest BCUT2D eigenvalue weighted by Gasteiger charge is -2.26. The molecule has 0 aliphatic rings. The molecule has 0 bridgehead atoms. The van der Waals surface area contributed by atoms with Crippen LogP contribution in [0.5, 0.6) is 0 Å². The third-order valence-corrected chi connectivity index (χ3v) is 3.57. The molecule has 1 nitrogen and oxygen atoms in total. The lowest BCUT2D eigenvalue weighted by Crippen LogP contribution is -2.39. The Kier molecular flexibility index (Phi) is 4.91. The molecule has 20 heavy (non-hydrogen) atoms. The van der Waals surface area contributed by atoms with E-state index < -0.39 is 0 Å². The van der Waals surface area contributed by atoms with Gasteiger partial charge < -0.3 is 5.32 Å². The van der Waals surface area contributed by atoms with Crippen LogP contribution in [-0.2, 0) is 13.0 Å². The van der Waals surface area contributed by atoms with Gasteiger partial charge in [-0.25, -0.2) is 4.39 Å². The second-order valence-corrected chi connectivity index (χ2v) is 5.85. The summed E-state index contributed by atoms with van der Waals surface area (Å²) in [6, 6.07) is 17.2. The minimum Gasteiger partial charge on any atom is -0.308 e. The van der Waals surface area contributed by atoms with Gasteiger partial charge in [-0.1, -0.05) is 42.5 Å². The van der Waals surface area contributed by atoms with Gasteiger partial charge in [0.1, 0.15) is 5.82 Å². The van der Waals surface area contributed by atoms with E-state index in [9.17, 15) is 4.39 Å². The van der Waals surface area contributed by atoms with Gasteiger partial charge in [0, 0.05) is 12.1 Å². The minimum atomic E-state index is -0.171. The average molecular weight is 271 g/mol. The number of halogens is 1. The summed E-state index contributed by atoms with van der Waals surface area (Å²) < 4.78 is 12.9. The highest BCUT2D eigenvalue weighted by atomic mass is 19.1. The van der Waals surface area contributed by atoms with Crippen molar-refractivity contribution in [2.45, 2.75) is 38.8 Å². The molecule has 0 fully saturated rings. The number of nitrogens with one attached hydrogen (secondary N) is 1. The summed E-state index contributed by atoms with van der Waals surface area (Å²) in [4.78, 5) is 0. The molecular formula is C18H22FN. The highest BCUT2D eigenvalue weighted by molar-refractivity contribution is 5.17. The van der Waals surface area contributed by atoms with Crippen molar-refractivity contribution in [3.8, 4) is 0 Å². The summed E-state index contributed by atoms with van der Waals surface area (Å²) in [5.74, 6) is -0.171. The molecule has 0 aliphatic heterocycles. The zero-order chi connectivity index (χ0) is 14.4. The lowest BCUT2D eigenvalue weighted by molar-refractivity contribution is 0.360. The summed E-state index contributed by atoms with van der Waals surface area (Å²) in [6.45, 7) is 5.29. The van der Waals surface area contributed by atoms with E-state index in [-0.39, 0.29) is 11.4 Å². The van der Waals surface area contributed by atoms with Crippen LogP contribution in [0.25, 0.3) is 0 Å². The number of aryl methyl sites for hydroxylation is 1. The third-order valence-electron chi connectivity index (χ3n) is 3.57. The molecule has 0 aliphatic carbocycles. The maximum atomic E-state index is 12.9. The largest absolute Gasteiger partial charge is 0.308 e. The first-order valence-corrected chi connectivity index (χ1v) is 7.09. The first-order valence-electron chi connectivity index (χ1n) is 7.09. The first-order chi connectivity index (χ1) is 9.55. The van der Waals surface area contributed by atoms with Gasteiger partial charge in [-0.2, -0.15) is 0 Å². The van der Waals surface area contributed by atoms with Crippen molar-refractivity contribution in [1.29, 1.82) is 0 Å². The Morgan fingerprint density at radius 1 is 0.900 bits per heavy atom. The van der Waals surface area contributed by atoms with Crippen LogP contribution in [0.4, 0.5) is 4.39 Å². The van der Waals surface area contributed by atoms with Crippen LogP contribution in [0.15, 0.2) is 54.6 Å². The van der Waals surface area contributed by atoms with E-state index in [4.69, 9.17) is 0 Å². The van der Waals surface area contributed by atoms with Crippen molar-refractivity contribution in [3.63, 3.8) is 0 Å². The molecule has 2 heteroatoms. The van der Waals surface area contributed by atoms with Crippen LogP contribution >= 0.6 is 0 Å². The Morgan fingerprint density at radius 2 is 1.55 bits per heavy atom. The second-order valence-electron chi connectivity index (χ2n) is 5.85. The highest BCUT2D eigenvalue weighted by Crippen LogP contribution is 2.15. The highest BCUT2D eigenvalue weighted by Gasteiger charge is 2.16. The standard InChI is InChI=1S/C18H22FN/c1-18(2,20-14-16-6-4-3-5-7-16)13-12-15-8-10-17(19)11-9-15/h3-11,20H,12-14H2,1-2H3. The monoisotopic (exact) mass is 271 g/mol. The van der Waals surface area contributed by atoms with Crippen LogP contribution in [0, 0.1) is 5.82 Å². The molecule has 0 amide bonds. The fourth-order valence-corrected chi connectivity index (χ4v) is 2.13.